The van der Waals surface area contributed by atoms with Crippen LogP contribution in [0.25, 0.3) is 0 Å². The first-order valence-electron chi connectivity index (χ1n) is 14.1. The Bertz CT molecular complexity index is 1330. The predicted octanol–water partition coefficient (Wildman–Crippen LogP) is 10.0. The van der Waals surface area contributed by atoms with Gasteiger partial charge in [-0.1, -0.05) is 78.9 Å². The van der Waals surface area contributed by atoms with E-state index in [1.807, 2.05) is 32.1 Å². The van der Waals surface area contributed by atoms with Crippen molar-refractivity contribution in [2.75, 3.05) is 0 Å². The van der Waals surface area contributed by atoms with Crippen molar-refractivity contribution in [3.63, 3.8) is 0 Å². The molecule has 2 aliphatic carbocycles. The summed E-state index contributed by atoms with van der Waals surface area (Å²) >= 11 is 0. The van der Waals surface area contributed by atoms with Crippen molar-refractivity contribution < 1.29 is 67.4 Å². The first-order chi connectivity index (χ1) is 21.5. The fraction of sp³-hybridized carbons (Fsp3) is 0.111. The second-order valence-electron chi connectivity index (χ2n) is 10.5. The predicted molar refractivity (Wildman–Crippen MR) is 181 cm³/mol. The zero-order valence-corrected chi connectivity index (χ0v) is 30.5. The van der Waals surface area contributed by atoms with Gasteiger partial charge in [0, 0.05) is 11.5 Å². The molecular weight excluding hydrogens is 801 g/mol. The van der Waals surface area contributed by atoms with Crippen molar-refractivity contribution in [1.82, 2.24) is 0 Å². The van der Waals surface area contributed by atoms with Crippen LogP contribution in [0.4, 0.5) is 25.2 Å². The van der Waals surface area contributed by atoms with Gasteiger partial charge in [0.15, 0.2) is 0 Å². The van der Waals surface area contributed by atoms with Crippen LogP contribution in [0.2, 0.25) is 0 Å². The molecule has 2 saturated carbocycles. The Kier molecular flexibility index (Phi) is 17.6. The standard InChI is InChI=1S/C28H25NOP.C5H5.C3H5.F6P.Fe.Pd/c1-28(2)26(21-13-9-10-14-21)29-27(30-28)24-19-11-12-20-25(24)31(22-15-5-3-6-16-22)23-17-7-4-8-18-23;1-2-4-5-3-1;1-3-2;1-7(2,3,4,5)6;;/h3-20,26H,1-2H3;1-5H;3H,1-2H2;;;/q;;;-1;2*+2/t26-;;;;;/m1...../s1. The molecule has 1 atom stereocenters. The molecule has 12 heteroatoms. The average molecular weight is 836 g/mol. The van der Waals surface area contributed by atoms with Gasteiger partial charge < -0.3 is 4.74 Å². The maximum Gasteiger partial charge on any atom is 2.00 e. The molecule has 3 aromatic rings. The van der Waals surface area contributed by atoms with E-state index >= 15 is 0 Å². The van der Waals surface area contributed by atoms with Gasteiger partial charge in [0.1, 0.15) is 5.60 Å². The number of hydrogen-bond donors (Lipinski definition) is 0. The smallest absolute Gasteiger partial charge is 0.0499 e. The van der Waals surface area contributed by atoms with Crippen LogP contribution in [0.1, 0.15) is 19.4 Å². The minimum absolute atomic E-state index is 0. The molecule has 0 bridgehead atoms. The van der Waals surface area contributed by atoms with Crippen LogP contribution in [-0.2, 0) is 42.2 Å². The Morgan fingerprint density at radius 3 is 1.48 bits per heavy atom. The minimum atomic E-state index is -10.7. The maximum atomic E-state index is 9.87. The van der Waals surface area contributed by atoms with Crippen molar-refractivity contribution in [2.45, 2.75) is 25.5 Å². The first-order valence-corrected chi connectivity index (χ1v) is 17.5. The number of benzene rings is 3. The van der Waals surface area contributed by atoms with Crippen molar-refractivity contribution >= 4 is 37.5 Å². The van der Waals surface area contributed by atoms with Crippen molar-refractivity contribution in [3.8, 4) is 0 Å². The van der Waals surface area contributed by atoms with Crippen LogP contribution in [0.5, 0.6) is 0 Å². The number of nitrogens with zero attached hydrogens (tertiary/aromatic N) is 1. The van der Waals surface area contributed by atoms with Crippen LogP contribution in [0.3, 0.4) is 0 Å². The molecule has 0 spiro atoms. The Morgan fingerprint density at radius 1 is 0.688 bits per heavy atom. The fourth-order valence-corrected chi connectivity index (χ4v) is 6.97. The van der Waals surface area contributed by atoms with Gasteiger partial charge in [0.05, 0.1) is 6.04 Å². The minimum Gasteiger partial charge on any atom is -0.0499 e. The largest absolute Gasteiger partial charge is 2.00 e. The second-order valence-corrected chi connectivity index (χ2v) is 14.6. The summed E-state index contributed by atoms with van der Waals surface area (Å²) in [7, 11) is -11.4. The number of rotatable bonds is 5. The first kappa shape index (κ1) is 44.8. The molecule has 0 amide bonds. The molecule has 3 aromatic carbocycles. The van der Waals surface area contributed by atoms with Crippen LogP contribution < -0.4 is 15.9 Å². The number of ether oxygens (including phenoxy) is 1. The number of halogens is 6. The van der Waals surface area contributed by atoms with Gasteiger partial charge in [-0.15, -0.1) is 0 Å². The molecule has 0 N–H and O–H groups in total. The van der Waals surface area contributed by atoms with E-state index in [2.05, 4.69) is 138 Å². The molecule has 48 heavy (non-hydrogen) atoms. The Morgan fingerprint density at radius 2 is 1.06 bits per heavy atom. The van der Waals surface area contributed by atoms with E-state index in [4.69, 9.17) is 9.73 Å². The summed E-state index contributed by atoms with van der Waals surface area (Å²) in [6, 6.07) is 30.1. The zero-order chi connectivity index (χ0) is 33.9. The Labute approximate surface area is 308 Å². The molecule has 257 valence electrons. The van der Waals surface area contributed by atoms with E-state index in [0.29, 0.717) is 0 Å². The summed E-state index contributed by atoms with van der Waals surface area (Å²) in [4.78, 5) is 5.09. The summed E-state index contributed by atoms with van der Waals surface area (Å²) < 4.78 is 65.7. The van der Waals surface area contributed by atoms with E-state index in [-0.39, 0.29) is 49.1 Å². The van der Waals surface area contributed by atoms with Gasteiger partial charge in [-0.05, 0) is 122 Å². The van der Waals surface area contributed by atoms with E-state index in [1.54, 1.807) is 0 Å². The average Bonchev–Trinajstić information content (AvgIpc) is 3.77. The molecular formula is C36H35F6FeNOP2Pd+3. The molecule has 0 aromatic heterocycles. The second kappa shape index (κ2) is 18.8. The molecule has 3 aliphatic rings. The Hall–Kier alpha value is -1.25. The summed E-state index contributed by atoms with van der Waals surface area (Å²) in [5.74, 6) is 1.94. The molecule has 2 nitrogen and oxygen atoms in total. The molecule has 13 radical (unpaired) electrons. The van der Waals surface area contributed by atoms with Gasteiger partial charge in [-0.25, -0.2) is 4.99 Å². The quantitative estimate of drug-likeness (QED) is 0.143. The molecule has 0 unspecified atom stereocenters. The molecule has 6 rings (SSSR count). The Balaban J connectivity index is 0.000000568. The maximum absolute atomic E-state index is 10.7. The van der Waals surface area contributed by atoms with Crippen LogP contribution >= 0.6 is 15.7 Å². The third-order valence-corrected chi connectivity index (χ3v) is 8.73. The van der Waals surface area contributed by atoms with E-state index < -0.39 is 15.7 Å². The van der Waals surface area contributed by atoms with Crippen molar-refractivity contribution in [1.29, 1.82) is 0 Å². The summed E-state index contributed by atoms with van der Waals surface area (Å²) in [5, 5.41) is 3.91. The summed E-state index contributed by atoms with van der Waals surface area (Å²) in [5.41, 5.74) is 0.697. The van der Waals surface area contributed by atoms with Gasteiger partial charge in [0.2, 0.25) is 5.90 Å². The van der Waals surface area contributed by atoms with Crippen molar-refractivity contribution in [2.24, 2.45) is 4.99 Å². The van der Waals surface area contributed by atoms with E-state index in [0.717, 1.165) is 11.5 Å². The molecule has 1 heterocycles. The van der Waals surface area contributed by atoms with E-state index in [9.17, 15) is 25.2 Å². The van der Waals surface area contributed by atoms with Crippen LogP contribution in [0, 0.1) is 84.0 Å². The van der Waals surface area contributed by atoms with Gasteiger partial charge in [-0.2, -0.15) is 0 Å². The summed E-state index contributed by atoms with van der Waals surface area (Å²) in [6.45, 7) is 10.8. The van der Waals surface area contributed by atoms with Crippen LogP contribution in [0.15, 0.2) is 89.9 Å². The molecule has 0 saturated heterocycles. The summed E-state index contributed by atoms with van der Waals surface area (Å²) in [6.07, 6.45) is 19.9. The van der Waals surface area contributed by atoms with E-state index in [1.165, 1.54) is 28.3 Å². The molecule has 1 aliphatic heterocycles. The monoisotopic (exact) mass is 835 g/mol. The van der Waals surface area contributed by atoms with Gasteiger partial charge in [0.25, 0.3) is 0 Å². The number of aliphatic imine (C=N–C) groups is 1. The molecule has 2 fully saturated rings. The normalized spacial score (nSPS) is 19.6. The van der Waals surface area contributed by atoms with Crippen LogP contribution in [-0.4, -0.2) is 17.5 Å². The van der Waals surface area contributed by atoms with Gasteiger partial charge in [-0.3, -0.25) is 0 Å². The zero-order valence-electron chi connectivity index (χ0n) is 26.0. The van der Waals surface area contributed by atoms with Crippen molar-refractivity contribution in [3.05, 3.63) is 174 Å². The third-order valence-electron chi connectivity index (χ3n) is 6.23. The SMILES string of the molecule is CC1(C)OC(c2ccccc2P(c2ccccc2)c2ccccc2)=N[C@@H]1[C]1[CH][CH][CH][CH]1.F[P-](F)(F)(F)(F)F.[CH2][CH][CH2].[CH]1[CH][CH][CH][CH]1.[Fe+2].[Pd+2]. The fourth-order valence-electron chi connectivity index (χ4n) is 4.53. The third kappa shape index (κ3) is 16.2. The topological polar surface area (TPSA) is 21.6 Å². The number of hydrogen-bond acceptors (Lipinski definition) is 2. The van der Waals surface area contributed by atoms with Gasteiger partial charge >= 0.3 is 70.5 Å².